The first-order valence-corrected chi connectivity index (χ1v) is 9.63. The molecular weight excluding hydrogens is 459 g/mol. The van der Waals surface area contributed by atoms with Gasteiger partial charge < -0.3 is 25.0 Å². The van der Waals surface area contributed by atoms with E-state index in [-0.39, 0.29) is 35.9 Å². The summed E-state index contributed by atoms with van der Waals surface area (Å²) in [5, 5.41) is 0. The molecule has 150 valence electrons. The molecule has 3 heterocycles. The minimum Gasteiger partial charge on any atom is -0.370 e. The first-order valence-electron chi connectivity index (χ1n) is 9.63. The molecule has 0 aromatic carbocycles. The lowest BCUT2D eigenvalue weighted by Crippen LogP contribution is -2.51. The van der Waals surface area contributed by atoms with E-state index in [0.717, 1.165) is 45.0 Å². The molecule has 1 aromatic heterocycles. The molecule has 8 nitrogen and oxygen atoms in total. The first kappa shape index (κ1) is 20.5. The van der Waals surface area contributed by atoms with Crippen LogP contribution in [0.5, 0.6) is 0 Å². The molecule has 4 rings (SSSR count). The van der Waals surface area contributed by atoms with Gasteiger partial charge in [0.15, 0.2) is 11.7 Å². The van der Waals surface area contributed by atoms with Gasteiger partial charge in [0, 0.05) is 51.4 Å². The average molecular weight is 488 g/mol. The van der Waals surface area contributed by atoms with Gasteiger partial charge in [-0.2, -0.15) is 0 Å². The van der Waals surface area contributed by atoms with Crippen molar-refractivity contribution in [3.63, 3.8) is 0 Å². The minimum absolute atomic E-state index is 0. The highest BCUT2D eigenvalue weighted by molar-refractivity contribution is 14.0. The number of hydrogen-bond donors (Lipinski definition) is 1. The molecular formula is C18H29IN6O2. The highest BCUT2D eigenvalue weighted by Crippen LogP contribution is 2.37. The highest BCUT2D eigenvalue weighted by atomic mass is 127. The monoisotopic (exact) mass is 488 g/mol. The van der Waals surface area contributed by atoms with E-state index in [4.69, 9.17) is 15.2 Å². The van der Waals surface area contributed by atoms with E-state index in [2.05, 4.69) is 24.8 Å². The Hall–Kier alpha value is -1.20. The predicted octanol–water partition coefficient (Wildman–Crippen LogP) is 1.61. The van der Waals surface area contributed by atoms with Crippen molar-refractivity contribution >= 4 is 35.9 Å². The van der Waals surface area contributed by atoms with Crippen LogP contribution in [0.15, 0.2) is 23.5 Å². The zero-order chi connectivity index (χ0) is 17.8. The Morgan fingerprint density at radius 1 is 1.15 bits per heavy atom. The van der Waals surface area contributed by atoms with Crippen LogP contribution in [0, 0.1) is 0 Å². The Morgan fingerprint density at radius 2 is 1.85 bits per heavy atom. The number of halogens is 1. The molecule has 2 saturated heterocycles. The molecule has 0 amide bonds. The van der Waals surface area contributed by atoms with Crippen molar-refractivity contribution in [1.82, 2.24) is 14.9 Å². The lowest BCUT2D eigenvalue weighted by atomic mass is 9.94. The highest BCUT2D eigenvalue weighted by Gasteiger charge is 2.42. The lowest BCUT2D eigenvalue weighted by molar-refractivity contribution is -0.186. The minimum atomic E-state index is -0.339. The zero-order valence-electron chi connectivity index (χ0n) is 15.6. The molecule has 1 atom stereocenters. The van der Waals surface area contributed by atoms with Gasteiger partial charge in [-0.3, -0.25) is 4.99 Å². The van der Waals surface area contributed by atoms with Crippen LogP contribution in [0.1, 0.15) is 32.1 Å². The zero-order valence-corrected chi connectivity index (χ0v) is 18.0. The summed E-state index contributed by atoms with van der Waals surface area (Å²) in [7, 11) is 0. The molecule has 27 heavy (non-hydrogen) atoms. The average Bonchev–Trinajstić information content (AvgIpc) is 3.09. The van der Waals surface area contributed by atoms with Crippen LogP contribution in [0.2, 0.25) is 0 Å². The number of guanidine groups is 1. The summed E-state index contributed by atoms with van der Waals surface area (Å²) < 4.78 is 12.1. The van der Waals surface area contributed by atoms with Gasteiger partial charge in [-0.15, -0.1) is 24.0 Å². The van der Waals surface area contributed by atoms with E-state index in [1.807, 2.05) is 6.07 Å². The van der Waals surface area contributed by atoms with E-state index in [1.165, 1.54) is 19.3 Å². The Bertz CT molecular complexity index is 618. The van der Waals surface area contributed by atoms with E-state index in [0.29, 0.717) is 19.1 Å². The fraction of sp³-hybridized carbons (Fsp3) is 0.722. The largest absolute Gasteiger partial charge is 0.370 e. The van der Waals surface area contributed by atoms with E-state index in [9.17, 15) is 0 Å². The fourth-order valence-corrected chi connectivity index (χ4v) is 3.94. The number of nitrogens with zero attached hydrogens (tertiary/aromatic N) is 5. The van der Waals surface area contributed by atoms with Crippen molar-refractivity contribution in [2.45, 2.75) is 44.0 Å². The van der Waals surface area contributed by atoms with Gasteiger partial charge in [-0.05, 0) is 18.9 Å². The van der Waals surface area contributed by atoms with Gasteiger partial charge >= 0.3 is 0 Å². The second kappa shape index (κ2) is 9.33. The second-order valence-electron chi connectivity index (χ2n) is 7.24. The SMILES string of the molecule is I.NC(=NCC1COC2(CCCCC2)O1)N1CCN(c2ncccn2)CC1. The van der Waals surface area contributed by atoms with Crippen LogP contribution < -0.4 is 10.6 Å². The summed E-state index contributed by atoms with van der Waals surface area (Å²) in [5.74, 6) is 1.03. The summed E-state index contributed by atoms with van der Waals surface area (Å²) in [6, 6.07) is 1.83. The molecule has 1 unspecified atom stereocenters. The van der Waals surface area contributed by atoms with Crippen LogP contribution in [0.3, 0.4) is 0 Å². The Balaban J connectivity index is 0.00000210. The number of nitrogens with two attached hydrogens (primary N) is 1. The number of aromatic nitrogens is 2. The van der Waals surface area contributed by atoms with Gasteiger partial charge in [0.2, 0.25) is 5.95 Å². The van der Waals surface area contributed by atoms with Crippen LogP contribution in [0.25, 0.3) is 0 Å². The number of hydrogen-bond acceptors (Lipinski definition) is 6. The third kappa shape index (κ3) is 5.00. The van der Waals surface area contributed by atoms with Crippen LogP contribution in [0.4, 0.5) is 5.95 Å². The van der Waals surface area contributed by atoms with Crippen molar-refractivity contribution in [3.8, 4) is 0 Å². The summed E-state index contributed by atoms with van der Waals surface area (Å²) in [6.45, 7) is 4.50. The lowest BCUT2D eigenvalue weighted by Gasteiger charge is -2.35. The van der Waals surface area contributed by atoms with Crippen LogP contribution in [-0.4, -0.2) is 72.0 Å². The quantitative estimate of drug-likeness (QED) is 0.393. The molecule has 2 aliphatic heterocycles. The van der Waals surface area contributed by atoms with E-state index in [1.54, 1.807) is 12.4 Å². The number of ether oxygens (including phenoxy) is 2. The van der Waals surface area contributed by atoms with Crippen LogP contribution in [-0.2, 0) is 9.47 Å². The first-order chi connectivity index (χ1) is 12.7. The van der Waals surface area contributed by atoms with E-state index < -0.39 is 0 Å². The maximum absolute atomic E-state index is 6.21. The Labute approximate surface area is 177 Å². The molecule has 0 radical (unpaired) electrons. The summed E-state index contributed by atoms with van der Waals surface area (Å²) in [4.78, 5) is 17.5. The molecule has 3 aliphatic rings. The number of rotatable bonds is 3. The number of piperazine rings is 1. The second-order valence-corrected chi connectivity index (χ2v) is 7.24. The molecule has 3 fully saturated rings. The standard InChI is InChI=1S/C18H28N6O2.HI/c19-16(22-13-15-14-25-18(26-15)5-2-1-3-6-18)23-9-11-24(12-10-23)17-20-7-4-8-21-17;/h4,7-8,15H,1-3,5-6,9-14H2,(H2,19,22);1H. The number of anilines is 1. The van der Waals surface area contributed by atoms with Gasteiger partial charge in [0.1, 0.15) is 6.10 Å². The third-order valence-electron chi connectivity index (χ3n) is 5.42. The molecule has 1 aromatic rings. The maximum Gasteiger partial charge on any atom is 0.225 e. The van der Waals surface area contributed by atoms with Crippen molar-refractivity contribution in [2.75, 3.05) is 44.2 Å². The maximum atomic E-state index is 6.21. The molecule has 1 spiro atoms. The summed E-state index contributed by atoms with van der Waals surface area (Å²) in [5.41, 5.74) is 6.21. The van der Waals surface area contributed by atoms with Crippen molar-refractivity contribution in [3.05, 3.63) is 18.5 Å². The Kier molecular flexibility index (Phi) is 7.10. The van der Waals surface area contributed by atoms with Gasteiger partial charge in [-0.25, -0.2) is 9.97 Å². The Morgan fingerprint density at radius 3 is 2.56 bits per heavy atom. The normalized spacial score (nSPS) is 25.5. The topological polar surface area (TPSA) is 89.1 Å². The molecule has 2 N–H and O–H groups in total. The summed E-state index contributed by atoms with van der Waals surface area (Å²) in [6.07, 6.45) is 9.23. The molecule has 1 saturated carbocycles. The predicted molar refractivity (Wildman–Crippen MR) is 114 cm³/mol. The van der Waals surface area contributed by atoms with Gasteiger partial charge in [-0.1, -0.05) is 6.42 Å². The van der Waals surface area contributed by atoms with Gasteiger partial charge in [0.05, 0.1) is 13.2 Å². The van der Waals surface area contributed by atoms with E-state index >= 15 is 0 Å². The van der Waals surface area contributed by atoms with Crippen LogP contribution >= 0.6 is 24.0 Å². The van der Waals surface area contributed by atoms with Crippen molar-refractivity contribution < 1.29 is 9.47 Å². The van der Waals surface area contributed by atoms with Gasteiger partial charge in [0.25, 0.3) is 0 Å². The smallest absolute Gasteiger partial charge is 0.225 e. The van der Waals surface area contributed by atoms with Crippen molar-refractivity contribution in [2.24, 2.45) is 10.7 Å². The number of aliphatic imine (C=N–C) groups is 1. The van der Waals surface area contributed by atoms with Crippen molar-refractivity contribution in [1.29, 1.82) is 0 Å². The third-order valence-corrected chi connectivity index (χ3v) is 5.42. The summed E-state index contributed by atoms with van der Waals surface area (Å²) >= 11 is 0. The molecule has 1 aliphatic carbocycles. The molecule has 0 bridgehead atoms. The fourth-order valence-electron chi connectivity index (χ4n) is 3.94. The molecule has 9 heteroatoms.